The number of hydrogen-bond donors (Lipinski definition) is 1. The van der Waals surface area contributed by atoms with E-state index < -0.39 is 0 Å². The van der Waals surface area contributed by atoms with Crippen LogP contribution in [0.1, 0.15) is 10.7 Å². The Balaban J connectivity index is 1.91. The average Bonchev–Trinajstić information content (AvgIpc) is 2.93. The number of aromatic nitrogens is 2. The molecule has 2 aromatic carbocycles. The Morgan fingerprint density at radius 2 is 1.65 bits per heavy atom. The number of fused-ring (bicyclic) bond motifs is 1. The van der Waals surface area contributed by atoms with Crippen molar-refractivity contribution >= 4 is 49.0 Å². The Labute approximate surface area is 163 Å². The molecule has 0 saturated carbocycles. The molecule has 0 bridgehead atoms. The monoisotopic (exact) mass is 427 g/mol. The summed E-state index contributed by atoms with van der Waals surface area (Å²) in [5.41, 5.74) is 2.95. The van der Waals surface area contributed by atoms with Crippen LogP contribution in [0, 0.1) is 19.7 Å². The number of thiophene rings is 1. The fourth-order valence-electron chi connectivity index (χ4n) is 2.94. The zero-order chi connectivity index (χ0) is 18.3. The number of rotatable bonds is 3. The number of anilines is 2. The standard InChI is InChI=1S/C20H15BrFN3S/c1-11-17(13-3-7-15(22)8-4-13)18-19(23-12(2)24-20(18)26-11)25-16-9-5-14(21)6-10-16/h3-10H,1-2H3,(H,23,24,25). The smallest absolute Gasteiger partial charge is 0.143 e. The summed E-state index contributed by atoms with van der Waals surface area (Å²) in [4.78, 5) is 11.3. The SMILES string of the molecule is Cc1nc(Nc2ccc(Br)cc2)c2c(-c3ccc(F)cc3)c(C)sc2n1. The molecule has 0 atom stereocenters. The van der Waals surface area contributed by atoms with Crippen molar-refractivity contribution in [2.24, 2.45) is 0 Å². The Bertz CT molecular complexity index is 1090. The Morgan fingerprint density at radius 3 is 2.35 bits per heavy atom. The molecule has 0 aliphatic heterocycles. The molecule has 1 N–H and O–H groups in total. The molecule has 0 aliphatic rings. The van der Waals surface area contributed by atoms with E-state index in [9.17, 15) is 4.39 Å². The van der Waals surface area contributed by atoms with Crippen LogP contribution in [0.5, 0.6) is 0 Å². The van der Waals surface area contributed by atoms with Gasteiger partial charge in [-0.15, -0.1) is 11.3 Å². The number of halogens is 2. The third-order valence-corrected chi connectivity index (χ3v) is 5.61. The highest BCUT2D eigenvalue weighted by molar-refractivity contribution is 9.10. The lowest BCUT2D eigenvalue weighted by Crippen LogP contribution is -1.98. The van der Waals surface area contributed by atoms with Crippen LogP contribution in [0.25, 0.3) is 21.3 Å². The van der Waals surface area contributed by atoms with Gasteiger partial charge in [0.25, 0.3) is 0 Å². The predicted octanol–water partition coefficient (Wildman–Crippen LogP) is 6.62. The van der Waals surface area contributed by atoms with E-state index in [1.165, 1.54) is 12.1 Å². The molecule has 3 nitrogen and oxygen atoms in total. The lowest BCUT2D eigenvalue weighted by Gasteiger charge is -2.10. The van der Waals surface area contributed by atoms with Crippen molar-refractivity contribution in [3.05, 3.63) is 69.5 Å². The molecule has 6 heteroatoms. The maximum atomic E-state index is 13.4. The highest BCUT2D eigenvalue weighted by Crippen LogP contribution is 2.41. The second-order valence-electron chi connectivity index (χ2n) is 5.97. The van der Waals surface area contributed by atoms with E-state index in [4.69, 9.17) is 0 Å². The summed E-state index contributed by atoms with van der Waals surface area (Å²) >= 11 is 5.08. The molecule has 130 valence electrons. The van der Waals surface area contributed by atoms with Crippen LogP contribution in [0.15, 0.2) is 53.0 Å². The zero-order valence-corrected chi connectivity index (χ0v) is 16.6. The third kappa shape index (κ3) is 3.22. The second-order valence-corrected chi connectivity index (χ2v) is 8.09. The van der Waals surface area contributed by atoms with E-state index in [0.29, 0.717) is 5.82 Å². The van der Waals surface area contributed by atoms with Gasteiger partial charge in [0.15, 0.2) is 0 Å². The number of nitrogens with one attached hydrogen (secondary N) is 1. The normalized spacial score (nSPS) is 11.1. The first kappa shape index (κ1) is 17.1. The molecule has 4 rings (SSSR count). The molecule has 0 radical (unpaired) electrons. The molecule has 0 fully saturated rings. The predicted molar refractivity (Wildman–Crippen MR) is 110 cm³/mol. The molecular formula is C20H15BrFN3S. The molecule has 0 aliphatic carbocycles. The van der Waals surface area contributed by atoms with Crippen molar-refractivity contribution in [1.29, 1.82) is 0 Å². The van der Waals surface area contributed by atoms with E-state index >= 15 is 0 Å². The molecule has 26 heavy (non-hydrogen) atoms. The molecular weight excluding hydrogens is 413 g/mol. The van der Waals surface area contributed by atoms with Crippen LogP contribution in [-0.2, 0) is 0 Å². The molecule has 0 saturated heterocycles. The van der Waals surface area contributed by atoms with Gasteiger partial charge in [0.05, 0.1) is 5.39 Å². The van der Waals surface area contributed by atoms with Crippen LogP contribution in [-0.4, -0.2) is 9.97 Å². The number of aryl methyl sites for hydroxylation is 2. The van der Waals surface area contributed by atoms with Crippen LogP contribution >= 0.6 is 27.3 Å². The maximum absolute atomic E-state index is 13.4. The number of hydrogen-bond acceptors (Lipinski definition) is 4. The summed E-state index contributed by atoms with van der Waals surface area (Å²) in [6, 6.07) is 14.5. The molecule has 2 aromatic heterocycles. The number of benzene rings is 2. The quantitative estimate of drug-likeness (QED) is 0.399. The van der Waals surface area contributed by atoms with Gasteiger partial charge >= 0.3 is 0 Å². The van der Waals surface area contributed by atoms with Crippen molar-refractivity contribution in [2.75, 3.05) is 5.32 Å². The average molecular weight is 428 g/mol. The van der Waals surface area contributed by atoms with E-state index in [1.54, 1.807) is 23.5 Å². The highest BCUT2D eigenvalue weighted by Gasteiger charge is 2.18. The molecule has 0 spiro atoms. The van der Waals surface area contributed by atoms with E-state index in [2.05, 4.69) is 38.1 Å². The van der Waals surface area contributed by atoms with Crippen molar-refractivity contribution < 1.29 is 4.39 Å². The molecule has 0 amide bonds. The fraction of sp³-hybridized carbons (Fsp3) is 0.100. The largest absolute Gasteiger partial charge is 0.340 e. The molecule has 2 heterocycles. The van der Waals surface area contributed by atoms with Crippen LogP contribution < -0.4 is 5.32 Å². The molecule has 0 unspecified atom stereocenters. The van der Waals surface area contributed by atoms with Gasteiger partial charge in [-0.3, -0.25) is 0 Å². The summed E-state index contributed by atoms with van der Waals surface area (Å²) in [6.07, 6.45) is 0. The summed E-state index contributed by atoms with van der Waals surface area (Å²) < 4.78 is 14.4. The van der Waals surface area contributed by atoms with Gasteiger partial charge in [0, 0.05) is 20.6 Å². The zero-order valence-electron chi connectivity index (χ0n) is 14.2. The summed E-state index contributed by atoms with van der Waals surface area (Å²) in [5, 5.41) is 4.38. The summed E-state index contributed by atoms with van der Waals surface area (Å²) in [6.45, 7) is 3.95. The minimum Gasteiger partial charge on any atom is -0.340 e. The fourth-order valence-corrected chi connectivity index (χ4v) is 4.30. The lowest BCUT2D eigenvalue weighted by molar-refractivity contribution is 0.628. The van der Waals surface area contributed by atoms with Crippen molar-refractivity contribution in [2.45, 2.75) is 13.8 Å². The van der Waals surface area contributed by atoms with Gasteiger partial charge in [0.2, 0.25) is 0 Å². The Kier molecular flexibility index (Phi) is 4.46. The maximum Gasteiger partial charge on any atom is 0.143 e. The summed E-state index contributed by atoms with van der Waals surface area (Å²) in [7, 11) is 0. The highest BCUT2D eigenvalue weighted by atomic mass is 79.9. The van der Waals surface area contributed by atoms with Crippen molar-refractivity contribution in [1.82, 2.24) is 9.97 Å². The van der Waals surface area contributed by atoms with E-state index in [-0.39, 0.29) is 5.82 Å². The van der Waals surface area contributed by atoms with Gasteiger partial charge in [-0.05, 0) is 55.8 Å². The Morgan fingerprint density at radius 1 is 0.962 bits per heavy atom. The van der Waals surface area contributed by atoms with Crippen molar-refractivity contribution in [3.8, 4) is 11.1 Å². The van der Waals surface area contributed by atoms with Gasteiger partial charge < -0.3 is 5.32 Å². The van der Waals surface area contributed by atoms with Gasteiger partial charge in [-0.25, -0.2) is 14.4 Å². The first-order chi connectivity index (χ1) is 12.5. The second kappa shape index (κ2) is 6.78. The third-order valence-electron chi connectivity index (χ3n) is 4.08. The Hall–Kier alpha value is -2.31. The van der Waals surface area contributed by atoms with Crippen molar-refractivity contribution in [3.63, 3.8) is 0 Å². The van der Waals surface area contributed by atoms with E-state index in [0.717, 1.165) is 42.2 Å². The van der Waals surface area contributed by atoms with Gasteiger partial charge in [-0.2, -0.15) is 0 Å². The first-order valence-corrected chi connectivity index (χ1v) is 9.68. The van der Waals surface area contributed by atoms with Crippen LogP contribution in [0.2, 0.25) is 0 Å². The van der Waals surface area contributed by atoms with Crippen LogP contribution in [0.3, 0.4) is 0 Å². The minimum absolute atomic E-state index is 0.244. The first-order valence-electron chi connectivity index (χ1n) is 8.07. The lowest BCUT2D eigenvalue weighted by atomic mass is 10.0. The summed E-state index contributed by atoms with van der Waals surface area (Å²) in [5.74, 6) is 1.23. The number of nitrogens with zero attached hydrogens (tertiary/aromatic N) is 2. The molecule has 4 aromatic rings. The van der Waals surface area contributed by atoms with Gasteiger partial charge in [-0.1, -0.05) is 28.1 Å². The van der Waals surface area contributed by atoms with Gasteiger partial charge in [0.1, 0.15) is 22.3 Å². The minimum atomic E-state index is -0.244. The topological polar surface area (TPSA) is 37.8 Å². The van der Waals surface area contributed by atoms with E-state index in [1.807, 2.05) is 31.2 Å². The van der Waals surface area contributed by atoms with Crippen LogP contribution in [0.4, 0.5) is 15.9 Å².